The Labute approximate surface area is 57.3 Å². The van der Waals surface area contributed by atoms with E-state index in [1.54, 1.807) is 0 Å². The molecular formula is C6H6N2O2. The van der Waals surface area contributed by atoms with E-state index in [4.69, 9.17) is 0 Å². The van der Waals surface area contributed by atoms with Crippen LogP contribution in [0.2, 0.25) is 0 Å². The van der Waals surface area contributed by atoms with Gasteiger partial charge in [0.15, 0.2) is 5.82 Å². The Bertz CT molecular complexity index is 251. The third kappa shape index (κ3) is 1.10. The van der Waals surface area contributed by atoms with Crippen LogP contribution in [0.5, 0.6) is 0 Å². The number of carbonyl (C=O) groups is 2. The van der Waals surface area contributed by atoms with Gasteiger partial charge >= 0.3 is 0 Å². The summed E-state index contributed by atoms with van der Waals surface area (Å²) in [7, 11) is 0. The zero-order valence-corrected chi connectivity index (χ0v) is 5.42. The van der Waals surface area contributed by atoms with E-state index >= 15 is 0 Å². The van der Waals surface area contributed by atoms with Crippen LogP contribution in [0.1, 0.15) is 17.5 Å². The van der Waals surface area contributed by atoms with Crippen molar-refractivity contribution in [2.24, 2.45) is 0 Å². The van der Waals surface area contributed by atoms with Gasteiger partial charge in [0, 0.05) is 19.3 Å². The van der Waals surface area contributed by atoms with E-state index in [0.717, 1.165) is 0 Å². The number of rotatable bonds is 2. The molecule has 1 N–H and O–H groups in total. The molecule has 0 unspecified atom stereocenters. The highest BCUT2D eigenvalue weighted by Gasteiger charge is 2.12. The summed E-state index contributed by atoms with van der Waals surface area (Å²) < 4.78 is 0. The first-order valence-electron chi connectivity index (χ1n) is 2.76. The van der Waals surface area contributed by atoms with E-state index in [9.17, 15) is 9.59 Å². The quantitative estimate of drug-likeness (QED) is 0.468. The van der Waals surface area contributed by atoms with Crippen LogP contribution in [-0.4, -0.2) is 21.5 Å². The topological polar surface area (TPSA) is 62.8 Å². The number of aromatic amines is 1. The Balaban J connectivity index is 2.88. The van der Waals surface area contributed by atoms with Gasteiger partial charge in [-0.2, -0.15) is 0 Å². The molecular weight excluding hydrogens is 132 g/mol. The molecule has 4 heteroatoms. The third-order valence-electron chi connectivity index (χ3n) is 1.03. The van der Waals surface area contributed by atoms with Crippen molar-refractivity contribution >= 4 is 11.6 Å². The normalized spacial score (nSPS) is 9.30. The van der Waals surface area contributed by atoms with Gasteiger partial charge in [-0.3, -0.25) is 9.59 Å². The van der Waals surface area contributed by atoms with E-state index in [1.807, 2.05) is 0 Å². The van der Waals surface area contributed by atoms with Crippen molar-refractivity contribution < 1.29 is 9.59 Å². The fourth-order valence-electron chi connectivity index (χ4n) is 0.556. The molecule has 0 fully saturated rings. The Morgan fingerprint density at radius 3 is 2.70 bits per heavy atom. The molecule has 0 amide bonds. The van der Waals surface area contributed by atoms with Crippen molar-refractivity contribution in [3.05, 3.63) is 18.2 Å². The van der Waals surface area contributed by atoms with Crippen molar-refractivity contribution in [3.8, 4) is 0 Å². The van der Waals surface area contributed by atoms with Crippen LogP contribution >= 0.6 is 0 Å². The smallest absolute Gasteiger partial charge is 0.263 e. The van der Waals surface area contributed by atoms with Gasteiger partial charge in [-0.05, 0) is 0 Å². The van der Waals surface area contributed by atoms with E-state index < -0.39 is 11.6 Å². The van der Waals surface area contributed by atoms with Crippen molar-refractivity contribution in [2.45, 2.75) is 6.92 Å². The van der Waals surface area contributed by atoms with Crippen LogP contribution in [0.4, 0.5) is 0 Å². The molecule has 0 saturated carbocycles. The molecule has 0 spiro atoms. The number of Topliss-reactive ketones (excluding diaryl/α,β-unsaturated/α-hetero) is 2. The Morgan fingerprint density at radius 1 is 1.60 bits per heavy atom. The van der Waals surface area contributed by atoms with Gasteiger partial charge in [-0.1, -0.05) is 0 Å². The maximum absolute atomic E-state index is 10.8. The predicted octanol–water partition coefficient (Wildman–Crippen LogP) is 0.181. The molecule has 0 radical (unpaired) electrons. The maximum Gasteiger partial charge on any atom is 0.263 e. The summed E-state index contributed by atoms with van der Waals surface area (Å²) in [5.74, 6) is -0.979. The number of H-pyrrole nitrogens is 1. The Kier molecular flexibility index (Phi) is 1.62. The lowest BCUT2D eigenvalue weighted by molar-refractivity contribution is -0.113. The summed E-state index contributed by atoms with van der Waals surface area (Å²) in [6, 6.07) is 0. The molecule has 4 nitrogen and oxygen atoms in total. The first kappa shape index (κ1) is 6.67. The molecule has 0 aromatic carbocycles. The zero-order valence-electron chi connectivity index (χ0n) is 5.42. The van der Waals surface area contributed by atoms with E-state index in [2.05, 4.69) is 9.97 Å². The fourth-order valence-corrected chi connectivity index (χ4v) is 0.556. The maximum atomic E-state index is 10.8. The average Bonchev–Trinajstić information content (AvgIpc) is 2.36. The molecule has 0 bridgehead atoms. The number of aromatic nitrogens is 2. The molecule has 0 saturated heterocycles. The molecule has 1 heterocycles. The minimum absolute atomic E-state index is 0.104. The average molecular weight is 138 g/mol. The minimum Gasteiger partial charge on any atom is -0.342 e. The molecule has 1 aromatic rings. The number of hydrogen-bond acceptors (Lipinski definition) is 3. The molecule has 0 aliphatic carbocycles. The third-order valence-corrected chi connectivity index (χ3v) is 1.03. The summed E-state index contributed by atoms with van der Waals surface area (Å²) in [5.41, 5.74) is 0. The van der Waals surface area contributed by atoms with Crippen LogP contribution in [-0.2, 0) is 4.79 Å². The number of hydrogen-bond donors (Lipinski definition) is 1. The van der Waals surface area contributed by atoms with Crippen molar-refractivity contribution in [2.75, 3.05) is 0 Å². The zero-order chi connectivity index (χ0) is 7.56. The second kappa shape index (κ2) is 2.43. The number of ketones is 2. The Morgan fingerprint density at radius 2 is 2.30 bits per heavy atom. The number of carbonyl (C=O) groups excluding carboxylic acids is 2. The SMILES string of the molecule is CC(=O)C(=O)c1ncc[nH]1. The van der Waals surface area contributed by atoms with Crippen molar-refractivity contribution in [1.82, 2.24) is 9.97 Å². The van der Waals surface area contributed by atoms with Crippen LogP contribution in [0, 0.1) is 0 Å². The lowest BCUT2D eigenvalue weighted by Gasteiger charge is -1.86. The van der Waals surface area contributed by atoms with Gasteiger partial charge in [-0.25, -0.2) is 4.98 Å². The summed E-state index contributed by atoms with van der Waals surface area (Å²) in [4.78, 5) is 27.3. The van der Waals surface area contributed by atoms with Gasteiger partial charge in [-0.15, -0.1) is 0 Å². The molecule has 52 valence electrons. The largest absolute Gasteiger partial charge is 0.342 e. The highest BCUT2D eigenvalue weighted by molar-refractivity contribution is 6.41. The molecule has 1 aromatic heterocycles. The Hall–Kier alpha value is -1.45. The number of nitrogens with zero attached hydrogens (tertiary/aromatic N) is 1. The van der Waals surface area contributed by atoms with Gasteiger partial charge in [0.05, 0.1) is 0 Å². The van der Waals surface area contributed by atoms with Crippen molar-refractivity contribution in [3.63, 3.8) is 0 Å². The lowest BCUT2D eigenvalue weighted by Crippen LogP contribution is -2.11. The minimum atomic E-state index is -0.579. The standard InChI is InChI=1S/C6H6N2O2/c1-4(9)5(10)6-7-2-3-8-6/h2-3H,1H3,(H,7,8). The van der Waals surface area contributed by atoms with E-state index in [0.29, 0.717) is 0 Å². The summed E-state index contributed by atoms with van der Waals surface area (Å²) >= 11 is 0. The van der Waals surface area contributed by atoms with E-state index in [-0.39, 0.29) is 5.82 Å². The van der Waals surface area contributed by atoms with Crippen LogP contribution in [0.3, 0.4) is 0 Å². The molecule has 0 aliphatic heterocycles. The van der Waals surface area contributed by atoms with Gasteiger partial charge in [0.1, 0.15) is 0 Å². The van der Waals surface area contributed by atoms with E-state index in [1.165, 1.54) is 19.3 Å². The molecule has 0 atom stereocenters. The molecule has 1 rings (SSSR count). The fraction of sp³-hybridized carbons (Fsp3) is 0.167. The van der Waals surface area contributed by atoms with Gasteiger partial charge in [0.2, 0.25) is 5.78 Å². The number of imidazole rings is 1. The summed E-state index contributed by atoms with van der Waals surface area (Å²) in [6.07, 6.45) is 2.92. The second-order valence-electron chi connectivity index (χ2n) is 1.82. The molecule has 10 heavy (non-hydrogen) atoms. The first-order chi connectivity index (χ1) is 4.72. The highest BCUT2D eigenvalue weighted by Crippen LogP contribution is 1.90. The lowest BCUT2D eigenvalue weighted by atomic mass is 10.3. The second-order valence-corrected chi connectivity index (χ2v) is 1.82. The summed E-state index contributed by atoms with van der Waals surface area (Å²) in [5, 5.41) is 0. The predicted molar refractivity (Wildman–Crippen MR) is 33.6 cm³/mol. The monoisotopic (exact) mass is 138 g/mol. The van der Waals surface area contributed by atoms with Crippen LogP contribution in [0.25, 0.3) is 0 Å². The highest BCUT2D eigenvalue weighted by atomic mass is 16.2. The van der Waals surface area contributed by atoms with Gasteiger partial charge < -0.3 is 4.98 Å². The van der Waals surface area contributed by atoms with Gasteiger partial charge in [0.25, 0.3) is 5.78 Å². The van der Waals surface area contributed by atoms with Crippen LogP contribution < -0.4 is 0 Å². The number of nitrogens with one attached hydrogen (secondary N) is 1. The van der Waals surface area contributed by atoms with Crippen molar-refractivity contribution in [1.29, 1.82) is 0 Å². The first-order valence-corrected chi connectivity index (χ1v) is 2.76. The molecule has 0 aliphatic rings. The van der Waals surface area contributed by atoms with Crippen LogP contribution in [0.15, 0.2) is 12.4 Å². The summed E-state index contributed by atoms with van der Waals surface area (Å²) in [6.45, 7) is 1.21.